The molecular formula is C21H19N3O2. The summed E-state index contributed by atoms with van der Waals surface area (Å²) in [4.78, 5) is 15.7. The van der Waals surface area contributed by atoms with Crippen molar-refractivity contribution in [1.82, 2.24) is 10.3 Å². The SMILES string of the molecule is C#Cc1ccc(C2NC(C(=O)OC)Cc3c2[nH]c2cc(N)ccc32)cc1. The highest BCUT2D eigenvalue weighted by molar-refractivity contribution is 5.89. The van der Waals surface area contributed by atoms with Crippen LogP contribution in [-0.4, -0.2) is 24.1 Å². The maximum Gasteiger partial charge on any atom is 0.323 e. The first kappa shape index (κ1) is 16.2. The predicted octanol–water partition coefficient (Wildman–Crippen LogP) is 2.51. The van der Waals surface area contributed by atoms with E-state index in [1.807, 2.05) is 42.5 Å². The normalized spacial score (nSPS) is 18.9. The highest BCUT2D eigenvalue weighted by Gasteiger charge is 2.34. The highest BCUT2D eigenvalue weighted by atomic mass is 16.5. The zero-order valence-electron chi connectivity index (χ0n) is 14.4. The van der Waals surface area contributed by atoms with Gasteiger partial charge in [-0.3, -0.25) is 10.1 Å². The van der Waals surface area contributed by atoms with Gasteiger partial charge in [-0.25, -0.2) is 0 Å². The number of anilines is 1. The number of benzene rings is 2. The monoisotopic (exact) mass is 345 g/mol. The van der Waals surface area contributed by atoms with Crippen LogP contribution in [0.4, 0.5) is 5.69 Å². The molecule has 0 amide bonds. The highest BCUT2D eigenvalue weighted by Crippen LogP contribution is 2.36. The summed E-state index contributed by atoms with van der Waals surface area (Å²) >= 11 is 0. The van der Waals surface area contributed by atoms with E-state index in [0.717, 1.165) is 33.3 Å². The molecule has 0 bridgehead atoms. The van der Waals surface area contributed by atoms with Crippen molar-refractivity contribution < 1.29 is 9.53 Å². The molecule has 0 saturated heterocycles. The second-order valence-corrected chi connectivity index (χ2v) is 6.47. The molecule has 2 heterocycles. The maximum atomic E-state index is 12.2. The number of ether oxygens (including phenoxy) is 1. The minimum Gasteiger partial charge on any atom is -0.468 e. The molecule has 4 rings (SSSR count). The molecule has 2 aromatic carbocycles. The van der Waals surface area contributed by atoms with E-state index in [9.17, 15) is 4.79 Å². The van der Waals surface area contributed by atoms with Gasteiger partial charge in [0.2, 0.25) is 0 Å². The Labute approximate surface area is 151 Å². The fraction of sp³-hybridized carbons (Fsp3) is 0.190. The molecule has 1 aliphatic heterocycles. The van der Waals surface area contributed by atoms with Crippen LogP contribution in [0.2, 0.25) is 0 Å². The first-order chi connectivity index (χ1) is 12.6. The fourth-order valence-corrected chi connectivity index (χ4v) is 3.64. The number of carbonyl (C=O) groups is 1. The molecule has 0 fully saturated rings. The van der Waals surface area contributed by atoms with Gasteiger partial charge in [0.05, 0.1) is 13.2 Å². The first-order valence-corrected chi connectivity index (χ1v) is 8.41. The Bertz CT molecular complexity index is 1030. The molecule has 0 saturated carbocycles. The standard InChI is InChI=1S/C21H19N3O2/c1-3-12-4-6-13(7-5-12)19-20-16(11-18(24-19)21(25)26-2)15-9-8-14(22)10-17(15)23-20/h1,4-10,18-19,23-24H,11,22H2,2H3. The number of esters is 1. The number of nitrogens with two attached hydrogens (primary N) is 1. The minimum atomic E-state index is -0.415. The van der Waals surface area contributed by atoms with Crippen LogP contribution in [0.15, 0.2) is 42.5 Å². The summed E-state index contributed by atoms with van der Waals surface area (Å²) in [6.45, 7) is 0. The Hall–Kier alpha value is -3.23. The summed E-state index contributed by atoms with van der Waals surface area (Å²) in [5.74, 6) is 2.35. The summed E-state index contributed by atoms with van der Waals surface area (Å²) < 4.78 is 4.98. The number of H-pyrrole nitrogens is 1. The number of methoxy groups -OCH3 is 1. The van der Waals surface area contributed by atoms with Crippen LogP contribution < -0.4 is 11.1 Å². The van der Waals surface area contributed by atoms with Gasteiger partial charge in [0.25, 0.3) is 0 Å². The minimum absolute atomic E-state index is 0.164. The number of carbonyl (C=O) groups excluding carboxylic acids is 1. The lowest BCUT2D eigenvalue weighted by Crippen LogP contribution is -2.45. The van der Waals surface area contributed by atoms with Gasteiger partial charge in [-0.05, 0) is 35.4 Å². The second kappa shape index (κ2) is 6.25. The van der Waals surface area contributed by atoms with E-state index in [0.29, 0.717) is 12.1 Å². The molecule has 1 aliphatic rings. The van der Waals surface area contributed by atoms with Gasteiger partial charge in [-0.2, -0.15) is 0 Å². The van der Waals surface area contributed by atoms with E-state index in [2.05, 4.69) is 16.2 Å². The summed E-state index contributed by atoms with van der Waals surface area (Å²) in [5.41, 5.74) is 11.6. The van der Waals surface area contributed by atoms with Crippen molar-refractivity contribution in [2.24, 2.45) is 0 Å². The average Bonchev–Trinajstić information content (AvgIpc) is 3.04. The molecule has 1 aromatic heterocycles. The number of hydrogen-bond acceptors (Lipinski definition) is 4. The predicted molar refractivity (Wildman–Crippen MR) is 102 cm³/mol. The van der Waals surface area contributed by atoms with Crippen LogP contribution >= 0.6 is 0 Å². The molecule has 5 nitrogen and oxygen atoms in total. The Balaban J connectivity index is 1.86. The first-order valence-electron chi connectivity index (χ1n) is 8.41. The smallest absolute Gasteiger partial charge is 0.323 e. The van der Waals surface area contributed by atoms with Gasteiger partial charge < -0.3 is 15.5 Å². The van der Waals surface area contributed by atoms with Crippen molar-refractivity contribution in [1.29, 1.82) is 0 Å². The van der Waals surface area contributed by atoms with Crippen LogP contribution in [0.25, 0.3) is 10.9 Å². The summed E-state index contributed by atoms with van der Waals surface area (Å²) in [6, 6.07) is 13.0. The Kier molecular flexibility index (Phi) is 3.90. The lowest BCUT2D eigenvalue weighted by Gasteiger charge is -2.30. The molecule has 2 unspecified atom stereocenters. The second-order valence-electron chi connectivity index (χ2n) is 6.47. The maximum absolute atomic E-state index is 12.2. The van der Waals surface area contributed by atoms with E-state index in [4.69, 9.17) is 16.9 Å². The summed E-state index contributed by atoms with van der Waals surface area (Å²) in [5, 5.41) is 4.48. The van der Waals surface area contributed by atoms with Crippen LogP contribution in [0.3, 0.4) is 0 Å². The number of hydrogen-bond donors (Lipinski definition) is 3. The Morgan fingerprint density at radius 3 is 2.73 bits per heavy atom. The average molecular weight is 345 g/mol. The molecule has 2 atom stereocenters. The van der Waals surface area contributed by atoms with Crippen molar-refractivity contribution in [2.75, 3.05) is 12.8 Å². The molecule has 3 aromatic rings. The third-order valence-corrected chi connectivity index (χ3v) is 4.92. The van der Waals surface area contributed by atoms with E-state index < -0.39 is 6.04 Å². The molecule has 0 spiro atoms. The third kappa shape index (κ3) is 2.61. The topological polar surface area (TPSA) is 80.1 Å². The van der Waals surface area contributed by atoms with E-state index in [1.54, 1.807) is 0 Å². The lowest BCUT2D eigenvalue weighted by atomic mass is 9.90. The largest absolute Gasteiger partial charge is 0.468 e. The molecule has 0 radical (unpaired) electrons. The van der Waals surface area contributed by atoms with Crippen LogP contribution in [-0.2, 0) is 16.0 Å². The van der Waals surface area contributed by atoms with Crippen molar-refractivity contribution in [2.45, 2.75) is 18.5 Å². The number of aromatic nitrogens is 1. The Morgan fingerprint density at radius 1 is 1.27 bits per heavy atom. The number of fused-ring (bicyclic) bond motifs is 3. The number of rotatable bonds is 2. The van der Waals surface area contributed by atoms with Gasteiger partial charge in [0.1, 0.15) is 6.04 Å². The Morgan fingerprint density at radius 2 is 2.04 bits per heavy atom. The molecule has 5 heteroatoms. The molecular weight excluding hydrogens is 326 g/mol. The van der Waals surface area contributed by atoms with Gasteiger partial charge >= 0.3 is 5.97 Å². The van der Waals surface area contributed by atoms with Crippen molar-refractivity contribution in [3.8, 4) is 12.3 Å². The lowest BCUT2D eigenvalue weighted by molar-refractivity contribution is -0.143. The molecule has 0 aliphatic carbocycles. The van der Waals surface area contributed by atoms with Crippen LogP contribution in [0.5, 0.6) is 0 Å². The molecule has 26 heavy (non-hydrogen) atoms. The number of terminal acetylenes is 1. The van der Waals surface area contributed by atoms with Crippen molar-refractivity contribution in [3.05, 3.63) is 64.8 Å². The fourth-order valence-electron chi connectivity index (χ4n) is 3.64. The van der Waals surface area contributed by atoms with Crippen LogP contribution in [0.1, 0.15) is 28.4 Å². The quantitative estimate of drug-likeness (QED) is 0.379. The van der Waals surface area contributed by atoms with Gasteiger partial charge in [0, 0.05) is 34.3 Å². The number of nitrogens with one attached hydrogen (secondary N) is 2. The van der Waals surface area contributed by atoms with Gasteiger partial charge in [-0.15, -0.1) is 6.42 Å². The van der Waals surface area contributed by atoms with E-state index >= 15 is 0 Å². The number of aromatic amines is 1. The van der Waals surface area contributed by atoms with Gasteiger partial charge in [-0.1, -0.05) is 24.1 Å². The molecule has 4 N–H and O–H groups in total. The molecule has 130 valence electrons. The number of nitrogen functional groups attached to an aromatic ring is 1. The zero-order chi connectivity index (χ0) is 18.3. The van der Waals surface area contributed by atoms with Crippen molar-refractivity contribution in [3.63, 3.8) is 0 Å². The van der Waals surface area contributed by atoms with Crippen LogP contribution in [0, 0.1) is 12.3 Å². The third-order valence-electron chi connectivity index (χ3n) is 4.92. The van der Waals surface area contributed by atoms with E-state index in [-0.39, 0.29) is 12.0 Å². The summed E-state index contributed by atoms with van der Waals surface area (Å²) in [6.07, 6.45) is 6.02. The van der Waals surface area contributed by atoms with E-state index in [1.165, 1.54) is 7.11 Å². The van der Waals surface area contributed by atoms with Gasteiger partial charge in [0.15, 0.2) is 0 Å². The summed E-state index contributed by atoms with van der Waals surface area (Å²) in [7, 11) is 1.41. The van der Waals surface area contributed by atoms with Crippen molar-refractivity contribution >= 4 is 22.6 Å². The zero-order valence-corrected chi connectivity index (χ0v) is 14.4.